The summed E-state index contributed by atoms with van der Waals surface area (Å²) in [5, 5.41) is 12.7. The molecule has 1 heterocycles. The SMILES string of the molecule is CCNC(=O)CCNc1nc(Cl)nnc1Cl. The van der Waals surface area contributed by atoms with E-state index in [0.717, 1.165) is 0 Å². The van der Waals surface area contributed by atoms with Gasteiger partial charge in [-0.05, 0) is 18.5 Å². The van der Waals surface area contributed by atoms with Gasteiger partial charge in [0.25, 0.3) is 0 Å². The van der Waals surface area contributed by atoms with Gasteiger partial charge >= 0.3 is 0 Å². The lowest BCUT2D eigenvalue weighted by Gasteiger charge is -2.06. The Labute approximate surface area is 103 Å². The van der Waals surface area contributed by atoms with E-state index in [9.17, 15) is 4.79 Å². The predicted molar refractivity (Wildman–Crippen MR) is 61.6 cm³/mol. The monoisotopic (exact) mass is 263 g/mol. The van der Waals surface area contributed by atoms with E-state index < -0.39 is 0 Å². The van der Waals surface area contributed by atoms with Gasteiger partial charge in [0.05, 0.1) is 0 Å². The van der Waals surface area contributed by atoms with Crippen molar-refractivity contribution < 1.29 is 4.79 Å². The average molecular weight is 264 g/mol. The molecule has 0 aliphatic carbocycles. The van der Waals surface area contributed by atoms with Crippen LogP contribution in [0.2, 0.25) is 10.4 Å². The van der Waals surface area contributed by atoms with Crippen LogP contribution < -0.4 is 10.6 Å². The summed E-state index contributed by atoms with van der Waals surface area (Å²) in [6.45, 7) is 2.87. The summed E-state index contributed by atoms with van der Waals surface area (Å²) in [5.74, 6) is 0.283. The number of nitrogens with one attached hydrogen (secondary N) is 2. The van der Waals surface area contributed by atoms with Crippen LogP contribution in [-0.2, 0) is 4.79 Å². The first kappa shape index (κ1) is 12.9. The summed E-state index contributed by atoms with van der Waals surface area (Å²) in [4.78, 5) is 15.0. The molecule has 0 bridgehead atoms. The number of aromatic nitrogens is 3. The van der Waals surface area contributed by atoms with Gasteiger partial charge in [-0.3, -0.25) is 4.79 Å². The third-order valence-electron chi connectivity index (χ3n) is 1.64. The molecule has 0 aliphatic rings. The van der Waals surface area contributed by atoms with E-state index in [2.05, 4.69) is 25.8 Å². The molecule has 8 heteroatoms. The number of nitrogens with zero attached hydrogens (tertiary/aromatic N) is 3. The number of carbonyl (C=O) groups excluding carboxylic acids is 1. The molecule has 0 saturated heterocycles. The van der Waals surface area contributed by atoms with Gasteiger partial charge in [-0.25, -0.2) is 0 Å². The normalized spacial score (nSPS) is 9.94. The van der Waals surface area contributed by atoms with Gasteiger partial charge in [0.2, 0.25) is 11.2 Å². The Morgan fingerprint density at radius 2 is 2.12 bits per heavy atom. The molecule has 0 atom stereocenters. The van der Waals surface area contributed by atoms with Gasteiger partial charge in [0, 0.05) is 19.5 Å². The van der Waals surface area contributed by atoms with Gasteiger partial charge < -0.3 is 10.6 Å². The lowest BCUT2D eigenvalue weighted by Crippen LogP contribution is -2.25. The Balaban J connectivity index is 2.42. The second-order valence-corrected chi connectivity index (χ2v) is 3.55. The van der Waals surface area contributed by atoms with Crippen molar-refractivity contribution >= 4 is 34.9 Å². The average Bonchev–Trinajstić information content (AvgIpc) is 2.23. The number of carbonyl (C=O) groups is 1. The Morgan fingerprint density at radius 1 is 1.38 bits per heavy atom. The Bertz CT molecular complexity index is 373. The zero-order valence-electron chi connectivity index (χ0n) is 8.63. The molecule has 0 unspecified atom stereocenters. The molecule has 1 amide bonds. The molecule has 0 fully saturated rings. The third kappa shape index (κ3) is 4.16. The second kappa shape index (κ2) is 6.44. The summed E-state index contributed by atoms with van der Waals surface area (Å²) in [6.07, 6.45) is 0.325. The zero-order valence-corrected chi connectivity index (χ0v) is 10.1. The van der Waals surface area contributed by atoms with Crippen molar-refractivity contribution in [1.29, 1.82) is 0 Å². The van der Waals surface area contributed by atoms with Gasteiger partial charge in [0.1, 0.15) is 0 Å². The van der Waals surface area contributed by atoms with Crippen LogP contribution in [0.25, 0.3) is 0 Å². The zero-order chi connectivity index (χ0) is 12.0. The van der Waals surface area contributed by atoms with Crippen LogP contribution in [0.5, 0.6) is 0 Å². The van der Waals surface area contributed by atoms with Gasteiger partial charge in [-0.1, -0.05) is 11.6 Å². The maximum Gasteiger partial charge on any atom is 0.245 e. The highest BCUT2D eigenvalue weighted by molar-refractivity contribution is 6.32. The van der Waals surface area contributed by atoms with E-state index in [1.807, 2.05) is 6.92 Å². The quantitative estimate of drug-likeness (QED) is 0.832. The maximum absolute atomic E-state index is 11.1. The van der Waals surface area contributed by atoms with Crippen molar-refractivity contribution in [2.24, 2.45) is 0 Å². The van der Waals surface area contributed by atoms with Crippen LogP contribution in [0.3, 0.4) is 0 Å². The minimum Gasteiger partial charge on any atom is -0.367 e. The molecule has 0 aromatic carbocycles. The summed E-state index contributed by atoms with van der Waals surface area (Å²) in [6, 6.07) is 0. The second-order valence-electron chi connectivity index (χ2n) is 2.85. The van der Waals surface area contributed by atoms with Crippen molar-refractivity contribution in [2.45, 2.75) is 13.3 Å². The lowest BCUT2D eigenvalue weighted by molar-refractivity contribution is -0.120. The minimum absolute atomic E-state index is 0.00455. The smallest absolute Gasteiger partial charge is 0.245 e. The van der Waals surface area contributed by atoms with Crippen molar-refractivity contribution in [3.8, 4) is 0 Å². The minimum atomic E-state index is -0.0424. The number of halogens is 2. The van der Waals surface area contributed by atoms with Gasteiger partial charge in [-0.2, -0.15) is 4.98 Å². The first-order valence-corrected chi connectivity index (χ1v) is 5.45. The van der Waals surface area contributed by atoms with Crippen molar-refractivity contribution in [1.82, 2.24) is 20.5 Å². The number of rotatable bonds is 5. The van der Waals surface area contributed by atoms with E-state index in [0.29, 0.717) is 25.3 Å². The first-order valence-electron chi connectivity index (χ1n) is 4.69. The molecule has 0 saturated carbocycles. The van der Waals surface area contributed by atoms with Crippen LogP contribution in [-0.4, -0.2) is 34.2 Å². The fraction of sp³-hybridized carbons (Fsp3) is 0.500. The fourth-order valence-corrected chi connectivity index (χ4v) is 1.25. The molecule has 2 N–H and O–H groups in total. The number of hydrogen-bond acceptors (Lipinski definition) is 5. The topological polar surface area (TPSA) is 79.8 Å². The number of amides is 1. The molecule has 1 aromatic heterocycles. The van der Waals surface area contributed by atoms with Crippen LogP contribution >= 0.6 is 23.2 Å². The summed E-state index contributed by atoms with van der Waals surface area (Å²) < 4.78 is 0. The molecule has 0 aliphatic heterocycles. The largest absolute Gasteiger partial charge is 0.367 e. The molecule has 6 nitrogen and oxygen atoms in total. The van der Waals surface area contributed by atoms with Crippen LogP contribution in [0.4, 0.5) is 5.82 Å². The lowest BCUT2D eigenvalue weighted by atomic mass is 10.4. The Morgan fingerprint density at radius 3 is 2.81 bits per heavy atom. The molecule has 88 valence electrons. The van der Waals surface area contributed by atoms with Gasteiger partial charge in [-0.15, -0.1) is 10.2 Å². The third-order valence-corrected chi connectivity index (χ3v) is 2.05. The van der Waals surface area contributed by atoms with Gasteiger partial charge in [0.15, 0.2) is 11.0 Å². The summed E-state index contributed by atoms with van der Waals surface area (Å²) in [7, 11) is 0. The van der Waals surface area contributed by atoms with Crippen LogP contribution in [0, 0.1) is 0 Å². The fourth-order valence-electron chi connectivity index (χ4n) is 0.986. The van der Waals surface area contributed by atoms with E-state index in [4.69, 9.17) is 23.2 Å². The molecular formula is C8H11Cl2N5O. The summed E-state index contributed by atoms with van der Waals surface area (Å²) in [5.41, 5.74) is 0. The summed E-state index contributed by atoms with van der Waals surface area (Å²) >= 11 is 11.3. The maximum atomic E-state index is 11.1. The van der Waals surface area contributed by atoms with Crippen molar-refractivity contribution in [2.75, 3.05) is 18.4 Å². The van der Waals surface area contributed by atoms with Crippen molar-refractivity contribution in [3.63, 3.8) is 0 Å². The number of anilines is 1. The highest BCUT2D eigenvalue weighted by Gasteiger charge is 2.06. The molecule has 0 radical (unpaired) electrons. The first-order chi connectivity index (χ1) is 7.63. The molecular weight excluding hydrogens is 253 g/mol. The Hall–Kier alpha value is -1.14. The standard InChI is InChI=1S/C8H11Cl2N5O/c1-2-11-5(16)3-4-12-7-6(9)14-15-8(10)13-7/h2-4H2,1H3,(H,11,16)(H,12,13,15). The van der Waals surface area contributed by atoms with E-state index in [1.165, 1.54) is 0 Å². The van der Waals surface area contributed by atoms with E-state index in [1.54, 1.807) is 0 Å². The molecule has 0 spiro atoms. The Kier molecular flexibility index (Phi) is 5.21. The highest BCUT2D eigenvalue weighted by Crippen LogP contribution is 2.15. The predicted octanol–water partition coefficient (Wildman–Crippen LogP) is 1.12. The van der Waals surface area contributed by atoms with Crippen LogP contribution in [0.15, 0.2) is 0 Å². The molecule has 1 aromatic rings. The number of hydrogen-bond donors (Lipinski definition) is 2. The van der Waals surface area contributed by atoms with Crippen molar-refractivity contribution in [3.05, 3.63) is 10.4 Å². The van der Waals surface area contributed by atoms with Crippen LogP contribution in [0.1, 0.15) is 13.3 Å². The molecule has 1 rings (SSSR count). The van der Waals surface area contributed by atoms with E-state index >= 15 is 0 Å². The highest BCUT2D eigenvalue weighted by atomic mass is 35.5. The molecule has 16 heavy (non-hydrogen) atoms. The van der Waals surface area contributed by atoms with E-state index in [-0.39, 0.29) is 16.3 Å².